The minimum atomic E-state index is -2.83. The molecule has 1 heterocycles. The van der Waals surface area contributed by atoms with Crippen LogP contribution in [0.5, 0.6) is 5.75 Å². The molecule has 96 valence electrons. The lowest BCUT2D eigenvalue weighted by atomic mass is 10.3. The molecule has 6 heteroatoms. The number of aromatic nitrogens is 2. The minimum absolute atomic E-state index is 0.127. The van der Waals surface area contributed by atoms with Crippen molar-refractivity contribution in [2.24, 2.45) is 7.05 Å². The summed E-state index contributed by atoms with van der Waals surface area (Å²) in [4.78, 5) is 4.13. The first kappa shape index (κ1) is 12.3. The molecule has 0 saturated heterocycles. The van der Waals surface area contributed by atoms with E-state index in [-0.39, 0.29) is 5.75 Å². The van der Waals surface area contributed by atoms with Crippen LogP contribution in [0, 0.1) is 0 Å². The summed E-state index contributed by atoms with van der Waals surface area (Å²) in [5.41, 5.74) is 0.515. The van der Waals surface area contributed by atoms with Crippen LogP contribution in [0.4, 0.5) is 14.5 Å². The maximum atomic E-state index is 12.2. The molecule has 0 fully saturated rings. The van der Waals surface area contributed by atoms with Crippen molar-refractivity contribution in [2.45, 2.75) is 13.2 Å². The largest absolute Gasteiger partial charge is 0.433 e. The second-order valence-corrected chi connectivity index (χ2v) is 3.68. The van der Waals surface area contributed by atoms with Crippen LogP contribution in [0.15, 0.2) is 36.7 Å². The van der Waals surface area contributed by atoms with Gasteiger partial charge in [-0.3, -0.25) is 0 Å². The van der Waals surface area contributed by atoms with Crippen molar-refractivity contribution < 1.29 is 13.5 Å². The molecular weight excluding hydrogens is 240 g/mol. The van der Waals surface area contributed by atoms with Gasteiger partial charge in [0, 0.05) is 19.4 Å². The first-order chi connectivity index (χ1) is 8.66. The van der Waals surface area contributed by atoms with E-state index in [2.05, 4.69) is 15.0 Å². The van der Waals surface area contributed by atoms with Gasteiger partial charge in [-0.2, -0.15) is 8.78 Å². The van der Waals surface area contributed by atoms with E-state index in [1.807, 2.05) is 17.8 Å². The van der Waals surface area contributed by atoms with Crippen molar-refractivity contribution in [3.05, 3.63) is 42.5 Å². The zero-order valence-corrected chi connectivity index (χ0v) is 9.81. The Morgan fingerprint density at radius 1 is 1.39 bits per heavy atom. The standard InChI is InChI=1S/C12H13F2N3O/c1-17-7-6-15-11(17)8-16-9-4-2-3-5-10(9)18-12(13)14/h2-7,12,16H,8H2,1H3. The Morgan fingerprint density at radius 3 is 2.83 bits per heavy atom. The van der Waals surface area contributed by atoms with Gasteiger partial charge in [0.2, 0.25) is 0 Å². The summed E-state index contributed by atoms with van der Waals surface area (Å²) in [6, 6.07) is 6.57. The van der Waals surface area contributed by atoms with E-state index in [0.29, 0.717) is 12.2 Å². The molecule has 0 aliphatic carbocycles. The fourth-order valence-corrected chi connectivity index (χ4v) is 1.55. The van der Waals surface area contributed by atoms with Gasteiger partial charge in [-0.05, 0) is 12.1 Å². The summed E-state index contributed by atoms with van der Waals surface area (Å²) >= 11 is 0. The van der Waals surface area contributed by atoms with E-state index in [1.54, 1.807) is 24.4 Å². The predicted octanol–water partition coefficient (Wildman–Crippen LogP) is 2.63. The first-order valence-electron chi connectivity index (χ1n) is 5.40. The van der Waals surface area contributed by atoms with Crippen LogP contribution >= 0.6 is 0 Å². The molecule has 0 aliphatic heterocycles. The van der Waals surface area contributed by atoms with Gasteiger partial charge in [-0.15, -0.1) is 0 Å². The number of para-hydroxylation sites is 2. The summed E-state index contributed by atoms with van der Waals surface area (Å²) in [5, 5.41) is 3.02. The van der Waals surface area contributed by atoms with Crippen LogP contribution in [0.1, 0.15) is 5.82 Å². The SMILES string of the molecule is Cn1ccnc1CNc1ccccc1OC(F)F. The van der Waals surface area contributed by atoms with Crippen molar-refractivity contribution in [3.63, 3.8) is 0 Å². The van der Waals surface area contributed by atoms with Crippen LogP contribution in [0.2, 0.25) is 0 Å². The molecule has 0 bridgehead atoms. The van der Waals surface area contributed by atoms with Gasteiger partial charge in [-0.1, -0.05) is 12.1 Å². The van der Waals surface area contributed by atoms with Crippen molar-refractivity contribution in [1.82, 2.24) is 9.55 Å². The second-order valence-electron chi connectivity index (χ2n) is 3.68. The van der Waals surface area contributed by atoms with Gasteiger partial charge in [-0.25, -0.2) is 4.98 Å². The topological polar surface area (TPSA) is 39.1 Å². The third-order valence-electron chi connectivity index (χ3n) is 2.46. The fourth-order valence-electron chi connectivity index (χ4n) is 1.55. The number of hydrogen-bond donors (Lipinski definition) is 1. The van der Waals surface area contributed by atoms with Gasteiger partial charge in [0.05, 0.1) is 12.2 Å². The van der Waals surface area contributed by atoms with Crippen LogP contribution in [0.25, 0.3) is 0 Å². The average molecular weight is 253 g/mol. The van der Waals surface area contributed by atoms with Gasteiger partial charge in [0.1, 0.15) is 11.6 Å². The summed E-state index contributed by atoms with van der Waals surface area (Å²) in [6.45, 7) is -2.39. The van der Waals surface area contributed by atoms with Crippen LogP contribution in [-0.4, -0.2) is 16.2 Å². The maximum Gasteiger partial charge on any atom is 0.387 e. The third kappa shape index (κ3) is 2.97. The summed E-state index contributed by atoms with van der Waals surface area (Å²) in [6.07, 6.45) is 3.50. The van der Waals surface area contributed by atoms with Crippen molar-refractivity contribution >= 4 is 5.69 Å². The minimum Gasteiger partial charge on any atom is -0.433 e. The molecule has 0 amide bonds. The van der Waals surface area contributed by atoms with Crippen LogP contribution < -0.4 is 10.1 Å². The number of alkyl halides is 2. The number of nitrogens with zero attached hydrogens (tertiary/aromatic N) is 2. The summed E-state index contributed by atoms with van der Waals surface area (Å²) in [7, 11) is 1.87. The molecule has 2 rings (SSSR count). The second kappa shape index (κ2) is 5.48. The molecule has 0 saturated carbocycles. The Morgan fingerprint density at radius 2 is 2.17 bits per heavy atom. The monoisotopic (exact) mass is 253 g/mol. The molecule has 1 aromatic heterocycles. The molecule has 0 aliphatic rings. The lowest BCUT2D eigenvalue weighted by Crippen LogP contribution is -2.08. The maximum absolute atomic E-state index is 12.2. The normalized spacial score (nSPS) is 10.7. The van der Waals surface area contributed by atoms with Gasteiger partial charge >= 0.3 is 6.61 Å². The molecule has 1 aromatic carbocycles. The highest BCUT2D eigenvalue weighted by Crippen LogP contribution is 2.25. The number of rotatable bonds is 5. The summed E-state index contributed by atoms with van der Waals surface area (Å²) < 4.78 is 30.7. The lowest BCUT2D eigenvalue weighted by Gasteiger charge is -2.12. The highest BCUT2D eigenvalue weighted by atomic mass is 19.3. The van der Waals surface area contributed by atoms with Gasteiger partial charge in [0.15, 0.2) is 0 Å². The van der Waals surface area contributed by atoms with E-state index in [1.165, 1.54) is 6.07 Å². The Bertz CT molecular complexity index is 514. The van der Waals surface area contributed by atoms with Gasteiger partial charge < -0.3 is 14.6 Å². The zero-order valence-electron chi connectivity index (χ0n) is 9.81. The Balaban J connectivity index is 2.07. The molecule has 4 nitrogen and oxygen atoms in total. The van der Waals surface area contributed by atoms with Gasteiger partial charge in [0.25, 0.3) is 0 Å². The molecule has 0 radical (unpaired) electrons. The Hall–Kier alpha value is -2.11. The van der Waals surface area contributed by atoms with E-state index in [0.717, 1.165) is 5.82 Å². The van der Waals surface area contributed by atoms with Crippen molar-refractivity contribution in [2.75, 3.05) is 5.32 Å². The highest BCUT2D eigenvalue weighted by molar-refractivity contribution is 5.56. The molecule has 18 heavy (non-hydrogen) atoms. The van der Waals surface area contributed by atoms with Crippen molar-refractivity contribution in [1.29, 1.82) is 0 Å². The quantitative estimate of drug-likeness (QED) is 0.890. The number of anilines is 1. The summed E-state index contributed by atoms with van der Waals surface area (Å²) in [5.74, 6) is 0.934. The fraction of sp³-hybridized carbons (Fsp3) is 0.250. The number of ether oxygens (including phenoxy) is 1. The third-order valence-corrected chi connectivity index (χ3v) is 2.46. The van der Waals surface area contributed by atoms with E-state index in [9.17, 15) is 8.78 Å². The molecule has 0 spiro atoms. The van der Waals surface area contributed by atoms with E-state index >= 15 is 0 Å². The lowest BCUT2D eigenvalue weighted by molar-refractivity contribution is -0.0493. The molecule has 0 atom stereocenters. The molecular formula is C12H13F2N3O. The number of nitrogens with one attached hydrogen (secondary N) is 1. The Kier molecular flexibility index (Phi) is 3.76. The molecule has 0 unspecified atom stereocenters. The van der Waals surface area contributed by atoms with Crippen molar-refractivity contribution in [3.8, 4) is 5.75 Å². The molecule has 1 N–H and O–H groups in total. The smallest absolute Gasteiger partial charge is 0.387 e. The van der Waals surface area contributed by atoms with Crippen LogP contribution in [-0.2, 0) is 13.6 Å². The number of imidazole rings is 1. The predicted molar refractivity (Wildman–Crippen MR) is 63.6 cm³/mol. The van der Waals surface area contributed by atoms with E-state index in [4.69, 9.17) is 0 Å². The van der Waals surface area contributed by atoms with Crippen LogP contribution in [0.3, 0.4) is 0 Å². The van der Waals surface area contributed by atoms with E-state index < -0.39 is 6.61 Å². The molecule has 2 aromatic rings. The number of aryl methyl sites for hydroxylation is 1. The number of hydrogen-bond acceptors (Lipinski definition) is 3. The first-order valence-corrected chi connectivity index (χ1v) is 5.40. The average Bonchev–Trinajstić information content (AvgIpc) is 2.73. The number of benzene rings is 1. The zero-order chi connectivity index (χ0) is 13.0. The number of halogens is 2. The Labute approximate surface area is 103 Å². The highest BCUT2D eigenvalue weighted by Gasteiger charge is 2.09.